The van der Waals surface area contributed by atoms with Gasteiger partial charge in [-0.25, -0.2) is 0 Å². The predicted octanol–water partition coefficient (Wildman–Crippen LogP) is 2.07. The van der Waals surface area contributed by atoms with Crippen molar-refractivity contribution in [3.8, 4) is 0 Å². The molecule has 0 saturated carbocycles. The third-order valence-corrected chi connectivity index (χ3v) is 4.35. The van der Waals surface area contributed by atoms with Crippen molar-refractivity contribution in [2.24, 2.45) is 0 Å². The summed E-state index contributed by atoms with van der Waals surface area (Å²) < 4.78 is 5.30. The van der Waals surface area contributed by atoms with Crippen LogP contribution in [0.15, 0.2) is 16.7 Å². The van der Waals surface area contributed by atoms with Gasteiger partial charge in [0.25, 0.3) is 5.91 Å². The molecule has 0 radical (unpaired) electrons. The van der Waals surface area contributed by atoms with Crippen molar-refractivity contribution in [3.05, 3.63) is 29.5 Å². The Morgan fingerprint density at radius 3 is 2.72 bits per heavy atom. The number of amides is 1. The molecule has 8 nitrogen and oxygen atoms in total. The molecule has 1 atom stereocenters. The van der Waals surface area contributed by atoms with Gasteiger partial charge in [0.1, 0.15) is 0 Å². The maximum atomic E-state index is 12.7. The molecule has 0 bridgehead atoms. The van der Waals surface area contributed by atoms with Crippen molar-refractivity contribution in [1.29, 1.82) is 0 Å². The minimum absolute atomic E-state index is 0.1000. The second-order valence-electron chi connectivity index (χ2n) is 6.91. The summed E-state index contributed by atoms with van der Waals surface area (Å²) in [6, 6.07) is 3.52. The highest BCUT2D eigenvalue weighted by Gasteiger charge is 2.29. The van der Waals surface area contributed by atoms with Gasteiger partial charge in [-0.2, -0.15) is 4.98 Å². The highest BCUT2D eigenvalue weighted by atomic mass is 16.5. The Bertz CT molecular complexity index is 725. The van der Waals surface area contributed by atoms with E-state index in [9.17, 15) is 4.79 Å². The molecule has 3 rings (SSSR count). The maximum Gasteiger partial charge on any atom is 0.274 e. The summed E-state index contributed by atoms with van der Waals surface area (Å²) >= 11 is 0. The molecule has 2 aromatic rings. The van der Waals surface area contributed by atoms with Crippen LogP contribution in [0.25, 0.3) is 0 Å². The normalized spacial score (nSPS) is 17.8. The number of carbonyl (C=O) groups excluding carboxylic acids is 1. The van der Waals surface area contributed by atoms with Gasteiger partial charge in [0.05, 0.1) is 0 Å². The molecule has 1 saturated heterocycles. The second kappa shape index (κ2) is 7.16. The number of likely N-dealkylation sites (tertiary alicyclic amines) is 1. The van der Waals surface area contributed by atoms with E-state index >= 15 is 0 Å². The summed E-state index contributed by atoms with van der Waals surface area (Å²) in [5.41, 5.74) is 0.363. The van der Waals surface area contributed by atoms with E-state index < -0.39 is 0 Å². The first-order chi connectivity index (χ1) is 12.0. The highest BCUT2D eigenvalue weighted by Crippen LogP contribution is 2.26. The minimum Gasteiger partial charge on any atom is -0.361 e. The third kappa shape index (κ3) is 3.78. The van der Waals surface area contributed by atoms with Crippen LogP contribution in [0.4, 0.5) is 5.82 Å². The number of hydrogen-bond donors (Lipinski definition) is 0. The van der Waals surface area contributed by atoms with Gasteiger partial charge in [-0.1, -0.05) is 19.0 Å². The molecule has 1 amide bonds. The maximum absolute atomic E-state index is 12.7. The number of aromatic nitrogens is 4. The van der Waals surface area contributed by atoms with Gasteiger partial charge in [-0.3, -0.25) is 4.79 Å². The number of rotatable bonds is 4. The van der Waals surface area contributed by atoms with Crippen molar-refractivity contribution < 1.29 is 9.32 Å². The van der Waals surface area contributed by atoms with Gasteiger partial charge in [-0.05, 0) is 25.0 Å². The van der Waals surface area contributed by atoms with E-state index in [0.717, 1.165) is 18.7 Å². The lowest BCUT2D eigenvalue weighted by Crippen LogP contribution is -2.39. The molecule has 1 aliphatic rings. The van der Waals surface area contributed by atoms with E-state index in [2.05, 4.69) is 20.3 Å². The monoisotopic (exact) mass is 344 g/mol. The van der Waals surface area contributed by atoms with Crippen LogP contribution < -0.4 is 4.90 Å². The fraction of sp³-hybridized carbons (Fsp3) is 0.588. The zero-order chi connectivity index (χ0) is 18.0. The molecule has 0 aliphatic carbocycles. The lowest BCUT2D eigenvalue weighted by Gasteiger charge is -2.31. The number of carbonyl (C=O) groups is 1. The topological polar surface area (TPSA) is 88.3 Å². The molecule has 8 heteroatoms. The van der Waals surface area contributed by atoms with Crippen LogP contribution in [0.3, 0.4) is 0 Å². The Hall–Kier alpha value is -2.51. The van der Waals surface area contributed by atoms with Crippen LogP contribution in [0.5, 0.6) is 0 Å². The summed E-state index contributed by atoms with van der Waals surface area (Å²) in [6.07, 6.45) is 1.86. The summed E-state index contributed by atoms with van der Waals surface area (Å²) in [6.45, 7) is 5.32. The fourth-order valence-corrected chi connectivity index (χ4v) is 2.86. The molecule has 0 spiro atoms. The standard InChI is InChI=1S/C17H24N6O2/c1-11(2)16-18-15(21-25-16)12-6-5-9-23(10-12)17(24)13-7-8-14(20-19-13)22(3)4/h7-8,11-12H,5-6,9-10H2,1-4H3/t12-/m1/s1. The van der Waals surface area contributed by atoms with Gasteiger partial charge in [0.15, 0.2) is 17.3 Å². The van der Waals surface area contributed by atoms with Crippen molar-refractivity contribution in [1.82, 2.24) is 25.2 Å². The predicted molar refractivity (Wildman–Crippen MR) is 92.6 cm³/mol. The number of nitrogens with zero attached hydrogens (tertiary/aromatic N) is 6. The van der Waals surface area contributed by atoms with Crippen LogP contribution in [0, 0.1) is 0 Å². The van der Waals surface area contributed by atoms with Crippen LogP contribution in [-0.4, -0.2) is 58.3 Å². The quantitative estimate of drug-likeness (QED) is 0.839. The summed E-state index contributed by atoms with van der Waals surface area (Å²) in [7, 11) is 3.77. The lowest BCUT2D eigenvalue weighted by molar-refractivity contribution is 0.0696. The SMILES string of the molecule is CC(C)c1nc([C@@H]2CCCN(C(=O)c3ccc(N(C)C)nn3)C2)no1. The van der Waals surface area contributed by atoms with Crippen molar-refractivity contribution in [2.75, 3.05) is 32.1 Å². The van der Waals surface area contributed by atoms with Crippen LogP contribution in [0.2, 0.25) is 0 Å². The molecule has 0 N–H and O–H groups in total. The fourth-order valence-electron chi connectivity index (χ4n) is 2.86. The van der Waals surface area contributed by atoms with Gasteiger partial charge in [0, 0.05) is 39.0 Å². The first-order valence-electron chi connectivity index (χ1n) is 8.59. The van der Waals surface area contributed by atoms with Crippen molar-refractivity contribution >= 4 is 11.7 Å². The summed E-state index contributed by atoms with van der Waals surface area (Å²) in [5, 5.41) is 12.3. The summed E-state index contributed by atoms with van der Waals surface area (Å²) in [5.74, 6) is 2.26. The molecular formula is C17H24N6O2. The molecule has 1 aliphatic heterocycles. The molecule has 2 aromatic heterocycles. The molecule has 25 heavy (non-hydrogen) atoms. The highest BCUT2D eigenvalue weighted by molar-refractivity contribution is 5.92. The third-order valence-electron chi connectivity index (χ3n) is 4.35. The van der Waals surface area contributed by atoms with Crippen LogP contribution in [-0.2, 0) is 0 Å². The van der Waals surface area contributed by atoms with Crippen molar-refractivity contribution in [3.63, 3.8) is 0 Å². The van der Waals surface area contributed by atoms with Crippen LogP contribution >= 0.6 is 0 Å². The van der Waals surface area contributed by atoms with Gasteiger partial charge in [-0.15, -0.1) is 10.2 Å². The van der Waals surface area contributed by atoms with Crippen LogP contribution in [0.1, 0.15) is 60.7 Å². The molecule has 134 valence electrons. The second-order valence-corrected chi connectivity index (χ2v) is 6.91. The van der Waals surface area contributed by atoms with Gasteiger partial charge in [0.2, 0.25) is 5.89 Å². The number of hydrogen-bond acceptors (Lipinski definition) is 7. The van der Waals surface area contributed by atoms with Crippen molar-refractivity contribution in [2.45, 2.75) is 38.5 Å². The molecule has 3 heterocycles. The van der Waals surface area contributed by atoms with E-state index in [1.807, 2.05) is 32.8 Å². The first kappa shape index (κ1) is 17.3. The Morgan fingerprint density at radius 1 is 1.32 bits per heavy atom. The average molecular weight is 344 g/mol. The zero-order valence-electron chi connectivity index (χ0n) is 15.1. The Kier molecular flexibility index (Phi) is 4.96. The number of piperidine rings is 1. The number of anilines is 1. The van der Waals surface area contributed by atoms with Gasteiger partial charge < -0.3 is 14.3 Å². The molecule has 0 unspecified atom stereocenters. The molecule has 0 aromatic carbocycles. The Morgan fingerprint density at radius 2 is 2.12 bits per heavy atom. The zero-order valence-corrected chi connectivity index (χ0v) is 15.1. The Balaban J connectivity index is 1.70. The Labute approximate surface area is 147 Å². The smallest absolute Gasteiger partial charge is 0.274 e. The van der Waals surface area contributed by atoms with E-state index in [1.54, 1.807) is 17.0 Å². The minimum atomic E-state index is -0.102. The molecular weight excluding hydrogens is 320 g/mol. The summed E-state index contributed by atoms with van der Waals surface area (Å²) in [4.78, 5) is 20.9. The molecule has 1 fully saturated rings. The van der Waals surface area contributed by atoms with Gasteiger partial charge >= 0.3 is 0 Å². The largest absolute Gasteiger partial charge is 0.361 e. The van der Waals surface area contributed by atoms with E-state index in [0.29, 0.717) is 30.5 Å². The average Bonchev–Trinajstić information content (AvgIpc) is 3.12. The van der Waals surface area contributed by atoms with E-state index in [1.165, 1.54) is 0 Å². The van der Waals surface area contributed by atoms with E-state index in [-0.39, 0.29) is 17.7 Å². The lowest BCUT2D eigenvalue weighted by atomic mass is 9.97. The van der Waals surface area contributed by atoms with E-state index in [4.69, 9.17) is 4.52 Å². The first-order valence-corrected chi connectivity index (χ1v) is 8.59.